The van der Waals surface area contributed by atoms with Crippen molar-refractivity contribution in [3.63, 3.8) is 0 Å². The molecule has 2 N–H and O–H groups in total. The van der Waals surface area contributed by atoms with Crippen LogP contribution in [-0.2, 0) is 0 Å². The molecule has 1 fully saturated rings. The van der Waals surface area contributed by atoms with Gasteiger partial charge in [-0.1, -0.05) is 43.7 Å². The number of hydrogen-bond acceptors (Lipinski definition) is 2. The van der Waals surface area contributed by atoms with E-state index in [1.54, 1.807) is 0 Å². The molecule has 0 saturated carbocycles. The van der Waals surface area contributed by atoms with Crippen molar-refractivity contribution in [2.45, 2.75) is 38.3 Å². The van der Waals surface area contributed by atoms with Gasteiger partial charge in [-0.25, -0.2) is 0 Å². The number of likely N-dealkylation sites (tertiary alicyclic amines) is 1. The molecule has 1 aliphatic heterocycles. The zero-order chi connectivity index (χ0) is 11.4. The van der Waals surface area contributed by atoms with Gasteiger partial charge in [0.2, 0.25) is 0 Å². The molecule has 16 heavy (non-hydrogen) atoms. The van der Waals surface area contributed by atoms with Gasteiger partial charge in [-0.05, 0) is 31.5 Å². The molecule has 1 aliphatic rings. The standard InChI is InChI=1S/C14H22N2/c1-2-16-11-7-6-10-13(15)14(16)12-8-4-3-5-9-12/h3-5,8-9,13-14H,2,6-7,10-11,15H2,1H3. The van der Waals surface area contributed by atoms with Crippen LogP contribution in [0.5, 0.6) is 0 Å². The third kappa shape index (κ3) is 2.45. The monoisotopic (exact) mass is 218 g/mol. The normalized spacial score (nSPS) is 27.6. The minimum absolute atomic E-state index is 0.282. The van der Waals surface area contributed by atoms with E-state index in [2.05, 4.69) is 42.2 Å². The fraction of sp³-hybridized carbons (Fsp3) is 0.571. The molecule has 2 atom stereocenters. The molecule has 0 spiro atoms. The van der Waals surface area contributed by atoms with Crippen molar-refractivity contribution < 1.29 is 0 Å². The molecule has 1 aromatic carbocycles. The van der Waals surface area contributed by atoms with Crippen molar-refractivity contribution in [1.82, 2.24) is 4.90 Å². The lowest BCUT2D eigenvalue weighted by atomic mass is 9.96. The molecular formula is C14H22N2. The quantitative estimate of drug-likeness (QED) is 0.826. The molecule has 2 unspecified atom stereocenters. The first-order chi connectivity index (χ1) is 7.83. The number of nitrogens with two attached hydrogens (primary N) is 1. The Morgan fingerprint density at radius 2 is 2.00 bits per heavy atom. The van der Waals surface area contributed by atoms with Gasteiger partial charge in [-0.3, -0.25) is 4.90 Å². The molecule has 0 amide bonds. The van der Waals surface area contributed by atoms with Crippen LogP contribution in [0.25, 0.3) is 0 Å². The highest BCUT2D eigenvalue weighted by atomic mass is 15.2. The molecule has 1 heterocycles. The molecule has 0 aromatic heterocycles. The molecule has 1 saturated heterocycles. The van der Waals surface area contributed by atoms with E-state index in [1.165, 1.54) is 24.9 Å². The highest BCUT2D eigenvalue weighted by Crippen LogP contribution is 2.28. The van der Waals surface area contributed by atoms with Crippen molar-refractivity contribution in [2.24, 2.45) is 5.73 Å². The molecule has 2 heteroatoms. The predicted octanol–water partition coefficient (Wildman–Crippen LogP) is 2.56. The van der Waals surface area contributed by atoms with E-state index >= 15 is 0 Å². The molecule has 0 bridgehead atoms. The van der Waals surface area contributed by atoms with Crippen molar-refractivity contribution in [3.8, 4) is 0 Å². The summed E-state index contributed by atoms with van der Waals surface area (Å²) >= 11 is 0. The maximum Gasteiger partial charge on any atom is 0.0499 e. The van der Waals surface area contributed by atoms with E-state index < -0.39 is 0 Å². The Bertz CT molecular complexity index is 310. The van der Waals surface area contributed by atoms with Gasteiger partial charge < -0.3 is 5.73 Å². The van der Waals surface area contributed by atoms with Crippen LogP contribution >= 0.6 is 0 Å². The second-order valence-corrected chi connectivity index (χ2v) is 4.64. The minimum Gasteiger partial charge on any atom is -0.326 e. The first-order valence-corrected chi connectivity index (χ1v) is 6.37. The summed E-state index contributed by atoms with van der Waals surface area (Å²) in [5.74, 6) is 0. The van der Waals surface area contributed by atoms with Crippen molar-refractivity contribution in [3.05, 3.63) is 35.9 Å². The lowest BCUT2D eigenvalue weighted by Gasteiger charge is -2.32. The van der Waals surface area contributed by atoms with E-state index in [0.29, 0.717) is 6.04 Å². The number of benzene rings is 1. The van der Waals surface area contributed by atoms with Crippen LogP contribution in [0.1, 0.15) is 37.8 Å². The number of hydrogen-bond donors (Lipinski definition) is 1. The van der Waals surface area contributed by atoms with E-state index in [4.69, 9.17) is 5.73 Å². The largest absolute Gasteiger partial charge is 0.326 e. The summed E-state index contributed by atoms with van der Waals surface area (Å²) in [5.41, 5.74) is 7.71. The molecule has 0 aliphatic carbocycles. The van der Waals surface area contributed by atoms with Gasteiger partial charge >= 0.3 is 0 Å². The second-order valence-electron chi connectivity index (χ2n) is 4.64. The van der Waals surface area contributed by atoms with Gasteiger partial charge in [0.15, 0.2) is 0 Å². The SMILES string of the molecule is CCN1CCCCC(N)C1c1ccccc1. The van der Waals surface area contributed by atoms with Crippen molar-refractivity contribution >= 4 is 0 Å². The van der Waals surface area contributed by atoms with Crippen LogP contribution in [-0.4, -0.2) is 24.0 Å². The maximum atomic E-state index is 6.34. The number of nitrogens with zero attached hydrogens (tertiary/aromatic N) is 1. The van der Waals surface area contributed by atoms with Crippen LogP contribution in [0.3, 0.4) is 0 Å². The predicted molar refractivity (Wildman–Crippen MR) is 68.3 cm³/mol. The second kappa shape index (κ2) is 5.46. The third-order valence-corrected chi connectivity index (χ3v) is 3.58. The Morgan fingerprint density at radius 3 is 2.69 bits per heavy atom. The third-order valence-electron chi connectivity index (χ3n) is 3.58. The van der Waals surface area contributed by atoms with Gasteiger partial charge in [-0.2, -0.15) is 0 Å². The van der Waals surface area contributed by atoms with Gasteiger partial charge in [0, 0.05) is 12.1 Å². The molecule has 2 nitrogen and oxygen atoms in total. The number of rotatable bonds is 2. The Balaban J connectivity index is 2.25. The average Bonchev–Trinajstić information content (AvgIpc) is 2.51. The topological polar surface area (TPSA) is 29.3 Å². The van der Waals surface area contributed by atoms with E-state index in [-0.39, 0.29) is 6.04 Å². The van der Waals surface area contributed by atoms with Crippen LogP contribution in [0, 0.1) is 0 Å². The highest BCUT2D eigenvalue weighted by molar-refractivity contribution is 5.21. The van der Waals surface area contributed by atoms with Gasteiger partial charge in [0.1, 0.15) is 0 Å². The molecule has 2 rings (SSSR count). The fourth-order valence-electron chi connectivity index (χ4n) is 2.73. The molecule has 0 radical (unpaired) electrons. The van der Waals surface area contributed by atoms with Crippen molar-refractivity contribution in [2.75, 3.05) is 13.1 Å². The summed E-state index contributed by atoms with van der Waals surface area (Å²) in [5, 5.41) is 0. The van der Waals surface area contributed by atoms with Gasteiger partial charge in [-0.15, -0.1) is 0 Å². The van der Waals surface area contributed by atoms with Crippen LogP contribution < -0.4 is 5.73 Å². The maximum absolute atomic E-state index is 6.34. The van der Waals surface area contributed by atoms with Crippen molar-refractivity contribution in [1.29, 1.82) is 0 Å². The Kier molecular flexibility index (Phi) is 3.97. The minimum atomic E-state index is 0.282. The van der Waals surface area contributed by atoms with Crippen LogP contribution in [0.4, 0.5) is 0 Å². The fourth-order valence-corrected chi connectivity index (χ4v) is 2.73. The Hall–Kier alpha value is -0.860. The summed E-state index contributed by atoms with van der Waals surface area (Å²) in [6.07, 6.45) is 3.70. The zero-order valence-corrected chi connectivity index (χ0v) is 10.1. The van der Waals surface area contributed by atoms with Gasteiger partial charge in [0.25, 0.3) is 0 Å². The smallest absolute Gasteiger partial charge is 0.0499 e. The van der Waals surface area contributed by atoms with Crippen LogP contribution in [0.15, 0.2) is 30.3 Å². The zero-order valence-electron chi connectivity index (χ0n) is 10.1. The summed E-state index contributed by atoms with van der Waals surface area (Å²) < 4.78 is 0. The lowest BCUT2D eigenvalue weighted by Crippen LogP contribution is -2.39. The summed E-state index contributed by atoms with van der Waals surface area (Å²) in [6.45, 7) is 4.50. The molecule has 88 valence electrons. The first-order valence-electron chi connectivity index (χ1n) is 6.37. The van der Waals surface area contributed by atoms with E-state index in [1.807, 2.05) is 0 Å². The van der Waals surface area contributed by atoms with Crippen LogP contribution in [0.2, 0.25) is 0 Å². The molecular weight excluding hydrogens is 196 g/mol. The Labute approximate surface area is 98.4 Å². The highest BCUT2D eigenvalue weighted by Gasteiger charge is 2.27. The van der Waals surface area contributed by atoms with E-state index in [9.17, 15) is 0 Å². The summed E-state index contributed by atoms with van der Waals surface area (Å²) in [7, 11) is 0. The first kappa shape index (κ1) is 11.6. The summed E-state index contributed by atoms with van der Waals surface area (Å²) in [4.78, 5) is 2.52. The molecule has 1 aromatic rings. The average molecular weight is 218 g/mol. The van der Waals surface area contributed by atoms with E-state index in [0.717, 1.165) is 13.0 Å². The Morgan fingerprint density at radius 1 is 1.25 bits per heavy atom. The van der Waals surface area contributed by atoms with Gasteiger partial charge in [0.05, 0.1) is 0 Å². The lowest BCUT2D eigenvalue weighted by molar-refractivity contribution is 0.195. The number of likely N-dealkylation sites (N-methyl/N-ethyl adjacent to an activating group) is 1. The summed E-state index contributed by atoms with van der Waals surface area (Å²) in [6, 6.07) is 11.4.